The molecule has 0 amide bonds. The summed E-state index contributed by atoms with van der Waals surface area (Å²) in [6.07, 6.45) is 0. The fourth-order valence-electron chi connectivity index (χ4n) is 2.50. The SMILES string of the molecule is CC(C)c1c(O)nnn1CCOc1ccc(B(O)OC(C)(C)C(C)(C)O)cc1. The van der Waals surface area contributed by atoms with Gasteiger partial charge in [0.2, 0.25) is 0 Å². The van der Waals surface area contributed by atoms with Crippen molar-refractivity contribution in [3.63, 3.8) is 0 Å². The van der Waals surface area contributed by atoms with Crippen molar-refractivity contribution in [3.8, 4) is 11.6 Å². The van der Waals surface area contributed by atoms with Gasteiger partial charge in [0, 0.05) is 5.92 Å². The maximum atomic E-state index is 10.3. The molecule has 0 spiro atoms. The van der Waals surface area contributed by atoms with E-state index in [1.807, 2.05) is 13.8 Å². The molecule has 0 aliphatic heterocycles. The maximum absolute atomic E-state index is 10.3. The molecule has 8 nitrogen and oxygen atoms in total. The summed E-state index contributed by atoms with van der Waals surface area (Å²) in [5.41, 5.74) is -0.803. The standard InChI is InChI=1S/C19H30BN3O5/c1-13(2)16-17(24)21-22-23(16)11-12-27-15-9-7-14(8-10-15)20(26)28-19(5,6)18(3,4)25/h7-10,13,24-26H,11-12H2,1-6H3. The molecule has 1 aromatic heterocycles. The van der Waals surface area contributed by atoms with Crippen molar-refractivity contribution in [1.29, 1.82) is 0 Å². The zero-order valence-corrected chi connectivity index (χ0v) is 17.4. The van der Waals surface area contributed by atoms with Gasteiger partial charge in [-0.3, -0.25) is 0 Å². The number of nitrogens with zero attached hydrogens (tertiary/aromatic N) is 3. The van der Waals surface area contributed by atoms with E-state index in [4.69, 9.17) is 9.39 Å². The lowest BCUT2D eigenvalue weighted by molar-refractivity contribution is -0.0982. The van der Waals surface area contributed by atoms with Gasteiger partial charge < -0.3 is 24.6 Å². The van der Waals surface area contributed by atoms with Crippen LogP contribution in [0.4, 0.5) is 0 Å². The van der Waals surface area contributed by atoms with Crippen LogP contribution in [-0.2, 0) is 11.2 Å². The van der Waals surface area contributed by atoms with Gasteiger partial charge in [0.25, 0.3) is 5.88 Å². The minimum atomic E-state index is -1.16. The Labute approximate surface area is 166 Å². The number of hydrogen-bond donors (Lipinski definition) is 3. The maximum Gasteiger partial charge on any atom is 0.491 e. The van der Waals surface area contributed by atoms with Gasteiger partial charge in [0.05, 0.1) is 17.7 Å². The summed E-state index contributed by atoms with van der Waals surface area (Å²) in [6, 6.07) is 6.89. The summed E-state index contributed by atoms with van der Waals surface area (Å²) in [5, 5.41) is 37.8. The average Bonchev–Trinajstić information content (AvgIpc) is 2.95. The molecule has 0 aliphatic carbocycles. The first-order valence-electron chi connectivity index (χ1n) is 9.35. The molecule has 0 radical (unpaired) electrons. The van der Waals surface area contributed by atoms with Gasteiger partial charge in [0.15, 0.2) is 0 Å². The van der Waals surface area contributed by atoms with E-state index in [1.54, 1.807) is 56.6 Å². The molecule has 9 heteroatoms. The topological polar surface area (TPSA) is 110 Å². The van der Waals surface area contributed by atoms with Crippen LogP contribution in [0.2, 0.25) is 0 Å². The predicted molar refractivity (Wildman–Crippen MR) is 107 cm³/mol. The van der Waals surface area contributed by atoms with Crippen molar-refractivity contribution in [2.45, 2.75) is 65.2 Å². The molecule has 1 heterocycles. The molecule has 0 fully saturated rings. The monoisotopic (exact) mass is 391 g/mol. The summed E-state index contributed by atoms with van der Waals surface area (Å²) in [5.74, 6) is 0.680. The van der Waals surface area contributed by atoms with Crippen LogP contribution in [0.1, 0.15) is 53.2 Å². The van der Waals surface area contributed by atoms with E-state index in [2.05, 4.69) is 10.3 Å². The Morgan fingerprint density at radius 3 is 2.29 bits per heavy atom. The first kappa shape index (κ1) is 22.2. The molecule has 0 bridgehead atoms. The van der Waals surface area contributed by atoms with Gasteiger partial charge in [-0.25, -0.2) is 4.68 Å². The van der Waals surface area contributed by atoms with E-state index in [-0.39, 0.29) is 11.8 Å². The Morgan fingerprint density at radius 1 is 1.14 bits per heavy atom. The molecule has 3 N–H and O–H groups in total. The van der Waals surface area contributed by atoms with Crippen LogP contribution in [0, 0.1) is 0 Å². The predicted octanol–water partition coefficient (Wildman–Crippen LogP) is 1.44. The largest absolute Gasteiger partial charge is 0.492 e. The molecule has 0 atom stereocenters. The zero-order valence-electron chi connectivity index (χ0n) is 17.4. The van der Waals surface area contributed by atoms with Crippen molar-refractivity contribution in [3.05, 3.63) is 30.0 Å². The minimum Gasteiger partial charge on any atom is -0.492 e. The lowest BCUT2D eigenvalue weighted by Crippen LogP contribution is -2.53. The Kier molecular flexibility index (Phi) is 6.74. The van der Waals surface area contributed by atoms with Crippen molar-refractivity contribution >= 4 is 12.6 Å². The van der Waals surface area contributed by atoms with Gasteiger partial charge in [-0.05, 0) is 45.3 Å². The summed E-state index contributed by atoms with van der Waals surface area (Å²) < 4.78 is 13.0. The number of ether oxygens (including phenoxy) is 1. The molecule has 1 aromatic carbocycles. The molecule has 0 unspecified atom stereocenters. The third-order valence-corrected chi connectivity index (χ3v) is 4.92. The van der Waals surface area contributed by atoms with Crippen LogP contribution in [0.3, 0.4) is 0 Å². The molecular formula is C19H30BN3O5. The van der Waals surface area contributed by atoms with Crippen LogP contribution in [-0.4, -0.2) is 55.2 Å². The van der Waals surface area contributed by atoms with E-state index in [1.165, 1.54) is 0 Å². The van der Waals surface area contributed by atoms with E-state index >= 15 is 0 Å². The first-order valence-corrected chi connectivity index (χ1v) is 9.35. The van der Waals surface area contributed by atoms with Crippen molar-refractivity contribution in [2.24, 2.45) is 0 Å². The van der Waals surface area contributed by atoms with E-state index in [9.17, 15) is 15.2 Å². The van der Waals surface area contributed by atoms with E-state index in [0.717, 1.165) is 0 Å². The fraction of sp³-hybridized carbons (Fsp3) is 0.579. The Bertz CT molecular complexity index is 769. The Hall–Kier alpha value is -2.10. The highest BCUT2D eigenvalue weighted by Gasteiger charge is 2.39. The third-order valence-electron chi connectivity index (χ3n) is 4.92. The highest BCUT2D eigenvalue weighted by molar-refractivity contribution is 6.60. The van der Waals surface area contributed by atoms with Crippen LogP contribution in [0.25, 0.3) is 0 Å². The molecule has 0 aliphatic rings. The Balaban J connectivity index is 1.93. The third kappa shape index (κ3) is 5.24. The molecule has 0 saturated carbocycles. The number of rotatable bonds is 9. The van der Waals surface area contributed by atoms with Gasteiger partial charge >= 0.3 is 7.12 Å². The molecule has 154 valence electrons. The zero-order chi connectivity index (χ0) is 21.1. The second-order valence-corrected chi connectivity index (χ2v) is 8.13. The molecule has 2 aromatic rings. The lowest BCUT2D eigenvalue weighted by Gasteiger charge is -2.38. The van der Waals surface area contributed by atoms with Crippen molar-refractivity contribution in [2.75, 3.05) is 6.61 Å². The van der Waals surface area contributed by atoms with Crippen LogP contribution in [0.5, 0.6) is 11.6 Å². The molecule has 2 rings (SSSR count). The quantitative estimate of drug-likeness (QED) is 0.555. The molecule has 28 heavy (non-hydrogen) atoms. The van der Waals surface area contributed by atoms with Crippen molar-refractivity contribution in [1.82, 2.24) is 15.0 Å². The van der Waals surface area contributed by atoms with Crippen LogP contribution in [0.15, 0.2) is 24.3 Å². The van der Waals surface area contributed by atoms with Gasteiger partial charge in [0.1, 0.15) is 18.1 Å². The molecule has 0 saturated heterocycles. The van der Waals surface area contributed by atoms with Crippen molar-refractivity contribution < 1.29 is 24.6 Å². The number of aromatic nitrogens is 3. The Morgan fingerprint density at radius 2 is 1.75 bits per heavy atom. The number of hydrogen-bond acceptors (Lipinski definition) is 7. The average molecular weight is 391 g/mol. The fourth-order valence-corrected chi connectivity index (χ4v) is 2.50. The van der Waals surface area contributed by atoms with E-state index in [0.29, 0.717) is 30.1 Å². The van der Waals surface area contributed by atoms with Gasteiger partial charge in [-0.15, -0.1) is 0 Å². The molecular weight excluding hydrogens is 361 g/mol. The summed E-state index contributed by atoms with van der Waals surface area (Å²) >= 11 is 0. The van der Waals surface area contributed by atoms with Crippen LogP contribution >= 0.6 is 0 Å². The van der Waals surface area contributed by atoms with Crippen LogP contribution < -0.4 is 10.2 Å². The summed E-state index contributed by atoms with van der Waals surface area (Å²) in [4.78, 5) is 0. The number of aromatic hydroxyl groups is 1. The van der Waals surface area contributed by atoms with Gasteiger partial charge in [-0.1, -0.05) is 36.3 Å². The summed E-state index contributed by atoms with van der Waals surface area (Å²) in [7, 11) is -1.16. The second kappa shape index (κ2) is 8.51. The minimum absolute atomic E-state index is 0.0534. The lowest BCUT2D eigenvalue weighted by atomic mass is 9.76. The summed E-state index contributed by atoms with van der Waals surface area (Å²) in [6.45, 7) is 11.4. The second-order valence-electron chi connectivity index (χ2n) is 8.13. The number of benzene rings is 1. The number of aliphatic hydroxyl groups is 1. The highest BCUT2D eigenvalue weighted by Crippen LogP contribution is 2.25. The first-order chi connectivity index (χ1) is 12.9. The smallest absolute Gasteiger partial charge is 0.491 e. The highest BCUT2D eigenvalue weighted by atomic mass is 16.5. The van der Waals surface area contributed by atoms with Gasteiger partial charge in [-0.2, -0.15) is 0 Å². The van der Waals surface area contributed by atoms with E-state index < -0.39 is 18.3 Å². The normalized spacial score (nSPS) is 12.5.